The molecule has 0 aliphatic carbocycles. The number of carboxylic acids is 2. The Labute approximate surface area is 256 Å². The van der Waals surface area contributed by atoms with Gasteiger partial charge in [0.2, 0.25) is 0 Å². The van der Waals surface area contributed by atoms with Crippen molar-refractivity contribution in [2.24, 2.45) is 5.41 Å². The van der Waals surface area contributed by atoms with Gasteiger partial charge < -0.3 is 24.8 Å². The fourth-order valence-electron chi connectivity index (χ4n) is 4.14. The summed E-state index contributed by atoms with van der Waals surface area (Å²) >= 11 is 0. The fraction of sp³-hybridized carbons (Fsp3) is 0.444. The molecule has 3 aromatic rings. The molecule has 0 amide bonds. The second kappa shape index (κ2) is 16.1. The van der Waals surface area contributed by atoms with Crippen LogP contribution >= 0.6 is 0 Å². The van der Waals surface area contributed by atoms with Gasteiger partial charge in [0.25, 0.3) is 0 Å². The zero-order valence-electron chi connectivity index (χ0n) is 26.6. The smallest absolute Gasteiger partial charge is 0.335 e. The molecule has 0 fully saturated rings. The summed E-state index contributed by atoms with van der Waals surface area (Å²) < 4.78 is 11.2. The van der Waals surface area contributed by atoms with E-state index < -0.39 is 23.5 Å². The van der Waals surface area contributed by atoms with Gasteiger partial charge in [-0.15, -0.1) is 0 Å². The van der Waals surface area contributed by atoms with E-state index in [-0.39, 0.29) is 17.6 Å². The molecule has 0 aliphatic rings. The number of aromatic carboxylic acids is 1. The Morgan fingerprint density at radius 1 is 0.837 bits per heavy atom. The molecular weight excluding hydrogens is 544 g/mol. The second-order valence-corrected chi connectivity index (χ2v) is 12.7. The molecule has 43 heavy (non-hydrogen) atoms. The van der Waals surface area contributed by atoms with E-state index in [1.807, 2.05) is 26.0 Å². The predicted octanol–water partition coefficient (Wildman–Crippen LogP) is 7.63. The van der Waals surface area contributed by atoms with Crippen LogP contribution in [0.15, 0.2) is 66.7 Å². The van der Waals surface area contributed by atoms with E-state index in [9.17, 15) is 14.7 Å². The van der Waals surface area contributed by atoms with Crippen molar-refractivity contribution in [1.82, 2.24) is 0 Å². The van der Waals surface area contributed by atoms with Gasteiger partial charge in [0.05, 0.1) is 23.7 Å². The Morgan fingerprint density at radius 2 is 1.47 bits per heavy atom. The maximum atomic E-state index is 10.9. The largest absolute Gasteiger partial charge is 0.493 e. The normalized spacial score (nSPS) is 12.1. The topological polar surface area (TPSA) is 113 Å². The van der Waals surface area contributed by atoms with Gasteiger partial charge in [-0.1, -0.05) is 57.2 Å². The highest BCUT2D eigenvalue weighted by Gasteiger charge is 2.26. The maximum absolute atomic E-state index is 10.9. The Kier molecular flexibility index (Phi) is 13.3. The summed E-state index contributed by atoms with van der Waals surface area (Å²) in [6.07, 6.45) is 2.19. The SMILES string of the molecule is CC(C)(C)c1ccc(CCC(O)COc2ccc(C(=O)O)cc2)cc1.Cc1ccc(C)c(OCCCC(C)(C)C(=O)O)c1. The van der Waals surface area contributed by atoms with Gasteiger partial charge in [-0.25, -0.2) is 4.79 Å². The number of aryl methyl sites for hydroxylation is 3. The summed E-state index contributed by atoms with van der Waals surface area (Å²) in [4.78, 5) is 21.7. The number of hydrogen-bond donors (Lipinski definition) is 3. The number of benzene rings is 3. The molecule has 3 aromatic carbocycles. The molecule has 234 valence electrons. The lowest BCUT2D eigenvalue weighted by Crippen LogP contribution is -2.24. The zero-order chi connectivity index (χ0) is 32.2. The number of ether oxygens (including phenoxy) is 2. The molecule has 3 N–H and O–H groups in total. The van der Waals surface area contributed by atoms with Crippen LogP contribution in [0.2, 0.25) is 0 Å². The highest BCUT2D eigenvalue weighted by Crippen LogP contribution is 2.24. The lowest BCUT2D eigenvalue weighted by Gasteiger charge is -2.19. The van der Waals surface area contributed by atoms with Crippen LogP contribution in [0.25, 0.3) is 0 Å². The van der Waals surface area contributed by atoms with E-state index in [1.165, 1.54) is 28.8 Å². The summed E-state index contributed by atoms with van der Waals surface area (Å²) in [7, 11) is 0. The van der Waals surface area contributed by atoms with Crippen molar-refractivity contribution in [2.75, 3.05) is 13.2 Å². The number of rotatable bonds is 13. The van der Waals surface area contributed by atoms with Crippen molar-refractivity contribution in [3.63, 3.8) is 0 Å². The molecule has 0 saturated heterocycles. The van der Waals surface area contributed by atoms with Crippen molar-refractivity contribution < 1.29 is 34.4 Å². The third-order valence-electron chi connectivity index (χ3n) is 7.26. The lowest BCUT2D eigenvalue weighted by molar-refractivity contribution is -0.147. The zero-order valence-corrected chi connectivity index (χ0v) is 26.6. The van der Waals surface area contributed by atoms with Crippen molar-refractivity contribution in [3.8, 4) is 11.5 Å². The maximum Gasteiger partial charge on any atom is 0.335 e. The quantitative estimate of drug-likeness (QED) is 0.175. The highest BCUT2D eigenvalue weighted by atomic mass is 16.5. The van der Waals surface area contributed by atoms with Crippen LogP contribution in [0.3, 0.4) is 0 Å². The number of hydrogen-bond acceptors (Lipinski definition) is 5. The standard InChI is InChI=1S/C21H26O4.C15H22O3/c1-21(2,3)17-9-4-15(5-10-17)6-11-18(22)14-25-19-12-7-16(8-13-19)20(23)24;1-11-6-7-12(2)13(10-11)18-9-5-8-15(3,4)14(16)17/h4-5,7-10,12-13,18,22H,6,11,14H2,1-3H3,(H,23,24);6-7,10H,5,8-9H2,1-4H3,(H,16,17). The average molecular weight is 593 g/mol. The molecule has 3 rings (SSSR count). The van der Waals surface area contributed by atoms with Crippen LogP contribution in [0, 0.1) is 19.3 Å². The molecule has 1 atom stereocenters. The first-order valence-electron chi connectivity index (χ1n) is 14.8. The molecular formula is C36H48O7. The summed E-state index contributed by atoms with van der Waals surface area (Å²) in [6, 6.07) is 20.8. The van der Waals surface area contributed by atoms with Gasteiger partial charge in [0, 0.05) is 0 Å². The Hall–Kier alpha value is -3.84. The monoisotopic (exact) mass is 592 g/mol. The van der Waals surface area contributed by atoms with E-state index in [2.05, 4.69) is 51.1 Å². The Morgan fingerprint density at radius 3 is 2.02 bits per heavy atom. The number of aliphatic hydroxyl groups excluding tert-OH is 1. The van der Waals surface area contributed by atoms with Crippen molar-refractivity contribution >= 4 is 11.9 Å². The molecule has 0 radical (unpaired) electrons. The number of aliphatic hydroxyl groups is 1. The predicted molar refractivity (Wildman–Crippen MR) is 170 cm³/mol. The minimum atomic E-state index is -0.968. The third-order valence-corrected chi connectivity index (χ3v) is 7.26. The average Bonchev–Trinajstić information content (AvgIpc) is 2.95. The van der Waals surface area contributed by atoms with Gasteiger partial charge >= 0.3 is 11.9 Å². The molecule has 7 heteroatoms. The molecule has 0 aliphatic heterocycles. The molecule has 7 nitrogen and oxygen atoms in total. The molecule has 0 heterocycles. The summed E-state index contributed by atoms with van der Waals surface area (Å²) in [5.41, 5.74) is 4.45. The Bertz CT molecular complexity index is 1300. The van der Waals surface area contributed by atoms with Crippen LogP contribution in [-0.4, -0.2) is 46.6 Å². The van der Waals surface area contributed by atoms with Crippen LogP contribution in [0.4, 0.5) is 0 Å². The molecule has 0 spiro atoms. The number of carboxylic acid groups (broad SMARTS) is 2. The summed E-state index contributed by atoms with van der Waals surface area (Å²) in [6.45, 7) is 14.8. The third kappa shape index (κ3) is 12.5. The molecule has 0 bridgehead atoms. The number of carbonyl (C=O) groups is 2. The van der Waals surface area contributed by atoms with E-state index in [1.54, 1.807) is 26.0 Å². The number of aliphatic carboxylic acids is 1. The van der Waals surface area contributed by atoms with E-state index in [4.69, 9.17) is 19.7 Å². The van der Waals surface area contributed by atoms with Crippen LogP contribution < -0.4 is 9.47 Å². The van der Waals surface area contributed by atoms with E-state index in [0.29, 0.717) is 25.2 Å². The van der Waals surface area contributed by atoms with Crippen LogP contribution in [0.5, 0.6) is 11.5 Å². The first-order valence-corrected chi connectivity index (χ1v) is 14.8. The summed E-state index contributed by atoms with van der Waals surface area (Å²) in [5, 5.41) is 27.9. The molecule has 0 aromatic heterocycles. The van der Waals surface area contributed by atoms with Crippen LogP contribution in [-0.2, 0) is 16.6 Å². The minimum Gasteiger partial charge on any atom is -0.493 e. The molecule has 1 unspecified atom stereocenters. The van der Waals surface area contributed by atoms with Crippen molar-refractivity contribution in [1.29, 1.82) is 0 Å². The van der Waals surface area contributed by atoms with Crippen LogP contribution in [0.1, 0.15) is 86.5 Å². The van der Waals surface area contributed by atoms with Gasteiger partial charge in [0.15, 0.2) is 0 Å². The van der Waals surface area contributed by atoms with Gasteiger partial charge in [0.1, 0.15) is 18.1 Å². The second-order valence-electron chi connectivity index (χ2n) is 12.7. The summed E-state index contributed by atoms with van der Waals surface area (Å²) in [5.74, 6) is -0.278. The van der Waals surface area contributed by atoms with E-state index in [0.717, 1.165) is 24.2 Å². The van der Waals surface area contributed by atoms with Crippen molar-refractivity contribution in [2.45, 2.75) is 85.7 Å². The van der Waals surface area contributed by atoms with Crippen molar-refractivity contribution in [3.05, 3.63) is 94.5 Å². The fourth-order valence-corrected chi connectivity index (χ4v) is 4.14. The van der Waals surface area contributed by atoms with Gasteiger partial charge in [-0.3, -0.25) is 4.79 Å². The van der Waals surface area contributed by atoms with Gasteiger partial charge in [-0.2, -0.15) is 0 Å². The Balaban J connectivity index is 0.000000317. The first kappa shape index (κ1) is 35.4. The molecule has 0 saturated carbocycles. The van der Waals surface area contributed by atoms with E-state index >= 15 is 0 Å². The first-order chi connectivity index (χ1) is 20.1. The minimum absolute atomic E-state index is 0.141. The van der Waals surface area contributed by atoms with Gasteiger partial charge in [-0.05, 0) is 111 Å². The lowest BCUT2D eigenvalue weighted by atomic mass is 9.86. The highest BCUT2D eigenvalue weighted by molar-refractivity contribution is 5.87.